The van der Waals surface area contributed by atoms with E-state index in [0.717, 1.165) is 0 Å². The van der Waals surface area contributed by atoms with E-state index in [1.165, 1.54) is 25.2 Å². The zero-order valence-corrected chi connectivity index (χ0v) is 14.6. The lowest BCUT2D eigenvalue weighted by molar-refractivity contribution is -0.126. The average molecular weight is 352 g/mol. The van der Waals surface area contributed by atoms with Crippen molar-refractivity contribution in [2.24, 2.45) is 0 Å². The minimum absolute atomic E-state index is 0.215. The highest BCUT2D eigenvalue weighted by Crippen LogP contribution is 2.31. The molecule has 5 nitrogen and oxygen atoms in total. The van der Waals surface area contributed by atoms with Gasteiger partial charge in [-0.2, -0.15) is 0 Å². The number of nitrogens with one attached hydrogen (secondary N) is 1. The summed E-state index contributed by atoms with van der Waals surface area (Å²) in [6.45, 7) is 2.81. The van der Waals surface area contributed by atoms with Gasteiger partial charge in [-0.1, -0.05) is 18.2 Å². The molecule has 1 N–H and O–H groups in total. The van der Waals surface area contributed by atoms with E-state index in [1.807, 2.05) is 11.4 Å². The largest absolute Gasteiger partial charge is 0.319 e. The molecule has 3 rings (SSSR count). The summed E-state index contributed by atoms with van der Waals surface area (Å²) in [6.07, 6.45) is 1.61. The number of amides is 1. The third-order valence-corrected chi connectivity index (χ3v) is 4.79. The number of hydrogen-bond acceptors (Lipinski definition) is 5. The predicted octanol–water partition coefficient (Wildman–Crippen LogP) is 3.81. The monoisotopic (exact) mass is 352 g/mol. The maximum atomic E-state index is 12.3. The Labute approximate surface area is 148 Å². The smallest absolute Gasteiger partial charge is 0.265 e. The number of nitrogens with zero attached hydrogens (tertiary/aromatic N) is 1. The summed E-state index contributed by atoms with van der Waals surface area (Å²) in [6, 6.07) is 10.5. The molecule has 0 saturated heterocycles. The van der Waals surface area contributed by atoms with E-state index < -0.39 is 5.92 Å². The van der Waals surface area contributed by atoms with Crippen LogP contribution in [-0.4, -0.2) is 22.5 Å². The lowest BCUT2D eigenvalue weighted by atomic mass is 9.89. The van der Waals surface area contributed by atoms with Gasteiger partial charge in [0.2, 0.25) is 0 Å². The van der Waals surface area contributed by atoms with Crippen LogP contribution in [0.2, 0.25) is 0 Å². The van der Waals surface area contributed by atoms with Crippen molar-refractivity contribution < 1.29 is 14.4 Å². The number of thiophene rings is 1. The van der Waals surface area contributed by atoms with Crippen LogP contribution >= 0.6 is 11.3 Å². The van der Waals surface area contributed by atoms with E-state index in [1.54, 1.807) is 36.5 Å². The van der Waals surface area contributed by atoms with Crippen LogP contribution in [0.3, 0.4) is 0 Å². The first-order valence-electron chi connectivity index (χ1n) is 7.72. The molecule has 25 heavy (non-hydrogen) atoms. The Bertz CT molecular complexity index is 950. The Hall–Kier alpha value is -2.86. The lowest BCUT2D eigenvalue weighted by Gasteiger charge is -2.16. The van der Waals surface area contributed by atoms with Crippen molar-refractivity contribution >= 4 is 45.4 Å². The number of rotatable bonds is 5. The third-order valence-electron chi connectivity index (χ3n) is 3.92. The quantitative estimate of drug-likeness (QED) is 0.709. The van der Waals surface area contributed by atoms with Gasteiger partial charge in [0, 0.05) is 11.6 Å². The van der Waals surface area contributed by atoms with E-state index in [-0.39, 0.29) is 17.5 Å². The summed E-state index contributed by atoms with van der Waals surface area (Å²) >= 11 is 1.35. The van der Waals surface area contributed by atoms with Gasteiger partial charge in [0.25, 0.3) is 5.91 Å². The Morgan fingerprint density at radius 3 is 2.44 bits per heavy atom. The molecule has 126 valence electrons. The van der Waals surface area contributed by atoms with Gasteiger partial charge in [-0.25, -0.2) is 0 Å². The molecule has 1 amide bonds. The molecule has 0 unspecified atom stereocenters. The second-order valence-electron chi connectivity index (χ2n) is 5.69. The van der Waals surface area contributed by atoms with Crippen LogP contribution in [0.4, 0.5) is 5.69 Å². The van der Waals surface area contributed by atoms with Crippen molar-refractivity contribution in [3.8, 4) is 0 Å². The highest BCUT2D eigenvalue weighted by Gasteiger charge is 2.25. The second kappa shape index (κ2) is 6.94. The summed E-state index contributed by atoms with van der Waals surface area (Å²) in [7, 11) is 0. The highest BCUT2D eigenvalue weighted by molar-refractivity contribution is 7.12. The number of ketones is 2. The van der Waals surface area contributed by atoms with E-state index >= 15 is 0 Å². The van der Waals surface area contributed by atoms with Crippen LogP contribution in [-0.2, 0) is 9.59 Å². The predicted molar refractivity (Wildman–Crippen MR) is 98.1 cm³/mol. The zero-order valence-electron chi connectivity index (χ0n) is 13.8. The molecular formula is C19H16N2O3S. The molecule has 0 aliphatic heterocycles. The van der Waals surface area contributed by atoms with Gasteiger partial charge in [0.05, 0.1) is 16.1 Å². The number of carbonyl (C=O) groups is 3. The Kier molecular flexibility index (Phi) is 4.72. The van der Waals surface area contributed by atoms with Crippen molar-refractivity contribution in [1.82, 2.24) is 4.98 Å². The van der Waals surface area contributed by atoms with Crippen LogP contribution in [0.25, 0.3) is 10.9 Å². The first-order chi connectivity index (χ1) is 12.0. The molecule has 3 aromatic rings. The van der Waals surface area contributed by atoms with Crippen molar-refractivity contribution in [1.29, 1.82) is 0 Å². The van der Waals surface area contributed by atoms with Crippen molar-refractivity contribution in [3.63, 3.8) is 0 Å². The minimum atomic E-state index is -0.825. The Morgan fingerprint density at radius 2 is 1.80 bits per heavy atom. The molecule has 0 aliphatic carbocycles. The maximum Gasteiger partial charge on any atom is 0.265 e. The minimum Gasteiger partial charge on any atom is -0.319 e. The summed E-state index contributed by atoms with van der Waals surface area (Å²) in [4.78, 5) is 41.1. The maximum absolute atomic E-state index is 12.3. The van der Waals surface area contributed by atoms with Gasteiger partial charge in [0.15, 0.2) is 0 Å². The van der Waals surface area contributed by atoms with Gasteiger partial charge in [-0.05, 0) is 43.0 Å². The topological polar surface area (TPSA) is 76.1 Å². The molecule has 0 atom stereocenters. The Morgan fingerprint density at radius 1 is 1.04 bits per heavy atom. The number of carbonyl (C=O) groups excluding carboxylic acids is 3. The van der Waals surface area contributed by atoms with Gasteiger partial charge >= 0.3 is 0 Å². The van der Waals surface area contributed by atoms with Crippen molar-refractivity contribution in [3.05, 3.63) is 58.4 Å². The lowest BCUT2D eigenvalue weighted by Crippen LogP contribution is -2.18. The fraction of sp³-hybridized carbons (Fsp3) is 0.158. The second-order valence-corrected chi connectivity index (χ2v) is 6.64. The molecule has 6 heteroatoms. The third kappa shape index (κ3) is 3.34. The molecule has 0 spiro atoms. The SMILES string of the molecule is CC(=O)C(C(C)=O)c1ccc(NC(=O)c2cccs2)c2ncccc12. The van der Waals surface area contributed by atoms with Crippen molar-refractivity contribution in [2.75, 3.05) is 5.32 Å². The summed E-state index contributed by atoms with van der Waals surface area (Å²) < 4.78 is 0. The summed E-state index contributed by atoms with van der Waals surface area (Å²) in [5.74, 6) is -1.47. The van der Waals surface area contributed by atoms with Crippen molar-refractivity contribution in [2.45, 2.75) is 19.8 Å². The molecule has 0 bridgehead atoms. The average Bonchev–Trinajstić information content (AvgIpc) is 3.11. The van der Waals surface area contributed by atoms with Crippen LogP contribution in [0.1, 0.15) is 35.0 Å². The van der Waals surface area contributed by atoms with Gasteiger partial charge < -0.3 is 5.32 Å². The van der Waals surface area contributed by atoms with Crippen LogP contribution in [0.15, 0.2) is 48.0 Å². The number of benzene rings is 1. The molecule has 2 aromatic heterocycles. The molecule has 2 heterocycles. The van der Waals surface area contributed by atoms with Crippen LogP contribution in [0, 0.1) is 0 Å². The molecule has 0 fully saturated rings. The number of aromatic nitrogens is 1. The number of fused-ring (bicyclic) bond motifs is 1. The van der Waals surface area contributed by atoms with Crippen LogP contribution < -0.4 is 5.32 Å². The van der Waals surface area contributed by atoms with E-state index in [0.29, 0.717) is 27.0 Å². The number of anilines is 1. The highest BCUT2D eigenvalue weighted by atomic mass is 32.1. The number of hydrogen-bond donors (Lipinski definition) is 1. The molecule has 1 aromatic carbocycles. The molecule has 0 radical (unpaired) electrons. The van der Waals surface area contributed by atoms with Crippen LogP contribution in [0.5, 0.6) is 0 Å². The van der Waals surface area contributed by atoms with Gasteiger partial charge in [0.1, 0.15) is 17.5 Å². The zero-order chi connectivity index (χ0) is 18.0. The fourth-order valence-electron chi connectivity index (χ4n) is 2.86. The van der Waals surface area contributed by atoms with E-state index in [9.17, 15) is 14.4 Å². The Balaban J connectivity index is 2.09. The standard InChI is InChI=1S/C19H16N2O3S/c1-11(22)17(12(2)23)13-7-8-15(18-14(13)5-3-9-20-18)21-19(24)16-6-4-10-25-16/h3-10,17H,1-2H3,(H,21,24). The molecule has 0 saturated carbocycles. The molecular weight excluding hydrogens is 336 g/mol. The summed E-state index contributed by atoms with van der Waals surface area (Å²) in [5.41, 5.74) is 1.71. The van der Waals surface area contributed by atoms with Gasteiger partial charge in [-0.15, -0.1) is 11.3 Å². The summed E-state index contributed by atoms with van der Waals surface area (Å²) in [5, 5.41) is 5.37. The fourth-order valence-corrected chi connectivity index (χ4v) is 3.48. The number of pyridine rings is 1. The van der Waals surface area contributed by atoms with Gasteiger partial charge in [-0.3, -0.25) is 19.4 Å². The number of Topliss-reactive ketones (excluding diaryl/α,β-unsaturated/α-hetero) is 2. The first-order valence-corrected chi connectivity index (χ1v) is 8.60. The normalized spacial score (nSPS) is 10.8. The molecule has 0 aliphatic rings. The van der Waals surface area contributed by atoms with E-state index in [4.69, 9.17) is 0 Å². The first kappa shape index (κ1) is 17.0. The van der Waals surface area contributed by atoms with E-state index in [2.05, 4.69) is 10.3 Å².